The van der Waals surface area contributed by atoms with Crippen molar-refractivity contribution in [1.29, 1.82) is 0 Å². The highest BCUT2D eigenvalue weighted by Gasteiger charge is 2.05. The molecule has 0 saturated carbocycles. The minimum absolute atomic E-state index is 0.0584. The fourth-order valence-corrected chi connectivity index (χ4v) is 2.31. The molecule has 0 aliphatic heterocycles. The third kappa shape index (κ3) is 3.75. The first-order chi connectivity index (χ1) is 11.1. The van der Waals surface area contributed by atoms with Crippen LogP contribution in [0.25, 0.3) is 11.8 Å². The maximum absolute atomic E-state index is 13.1. The predicted octanol–water partition coefficient (Wildman–Crippen LogP) is 4.30. The monoisotopic (exact) mass is 393 g/mol. The Morgan fingerprint density at radius 2 is 1.96 bits per heavy atom. The number of benzene rings is 2. The van der Waals surface area contributed by atoms with Crippen molar-refractivity contribution in [3.8, 4) is 5.69 Å². The summed E-state index contributed by atoms with van der Waals surface area (Å²) in [4.78, 5) is 0. The summed E-state index contributed by atoms with van der Waals surface area (Å²) in [5.74, 6) is 0.0911. The molecule has 1 N–H and O–H groups in total. The van der Waals surface area contributed by atoms with Crippen molar-refractivity contribution < 1.29 is 4.39 Å². The molecule has 0 fully saturated rings. The van der Waals surface area contributed by atoms with Gasteiger partial charge in [-0.05, 0) is 52.9 Å². The SMILES string of the molecule is Fc1ccc(N/C=C/c2nnnn2-c2ccc(Br)cc2)cc1Cl. The fraction of sp³-hybridized carbons (Fsp3) is 0. The van der Waals surface area contributed by atoms with Crippen molar-refractivity contribution >= 4 is 39.3 Å². The molecule has 5 nitrogen and oxygen atoms in total. The lowest BCUT2D eigenvalue weighted by molar-refractivity contribution is 0.628. The van der Waals surface area contributed by atoms with Crippen molar-refractivity contribution in [1.82, 2.24) is 20.2 Å². The Labute approximate surface area is 144 Å². The van der Waals surface area contributed by atoms with Crippen LogP contribution in [0.15, 0.2) is 53.1 Å². The van der Waals surface area contributed by atoms with Crippen molar-refractivity contribution in [2.24, 2.45) is 0 Å². The minimum Gasteiger partial charge on any atom is -0.362 e. The lowest BCUT2D eigenvalue weighted by Crippen LogP contribution is -1.99. The van der Waals surface area contributed by atoms with Crippen molar-refractivity contribution in [2.75, 3.05) is 5.32 Å². The minimum atomic E-state index is -0.458. The van der Waals surface area contributed by atoms with Gasteiger partial charge in [-0.1, -0.05) is 27.5 Å². The van der Waals surface area contributed by atoms with Crippen LogP contribution < -0.4 is 5.32 Å². The zero-order valence-corrected chi connectivity index (χ0v) is 14.0. The molecule has 0 saturated heterocycles. The van der Waals surface area contributed by atoms with E-state index in [4.69, 9.17) is 11.6 Å². The van der Waals surface area contributed by atoms with Crippen LogP contribution in [0.2, 0.25) is 5.02 Å². The molecule has 0 aliphatic rings. The summed E-state index contributed by atoms with van der Waals surface area (Å²) >= 11 is 9.11. The molecule has 0 bridgehead atoms. The van der Waals surface area contributed by atoms with E-state index in [1.165, 1.54) is 12.1 Å². The van der Waals surface area contributed by atoms with E-state index in [1.54, 1.807) is 23.0 Å². The Balaban J connectivity index is 1.77. The Kier molecular flexibility index (Phi) is 4.68. The summed E-state index contributed by atoms with van der Waals surface area (Å²) in [6.07, 6.45) is 3.37. The van der Waals surface area contributed by atoms with Crippen LogP contribution in [-0.2, 0) is 0 Å². The van der Waals surface area contributed by atoms with Crippen molar-refractivity contribution in [3.63, 3.8) is 0 Å². The molecule has 0 amide bonds. The molecule has 23 heavy (non-hydrogen) atoms. The van der Waals surface area contributed by atoms with E-state index in [1.807, 2.05) is 24.3 Å². The zero-order chi connectivity index (χ0) is 16.2. The van der Waals surface area contributed by atoms with Crippen molar-refractivity contribution in [3.05, 3.63) is 69.8 Å². The molecule has 8 heteroatoms. The Morgan fingerprint density at radius 1 is 1.17 bits per heavy atom. The van der Waals surface area contributed by atoms with Crippen LogP contribution in [0, 0.1) is 5.82 Å². The second kappa shape index (κ2) is 6.89. The lowest BCUT2D eigenvalue weighted by atomic mass is 10.3. The molecule has 0 aliphatic carbocycles. The van der Waals surface area contributed by atoms with Crippen LogP contribution in [-0.4, -0.2) is 20.2 Å². The maximum Gasteiger partial charge on any atom is 0.181 e. The highest BCUT2D eigenvalue weighted by molar-refractivity contribution is 9.10. The molecule has 3 aromatic rings. The smallest absolute Gasteiger partial charge is 0.181 e. The molecule has 0 spiro atoms. The summed E-state index contributed by atoms with van der Waals surface area (Å²) in [5.41, 5.74) is 1.50. The molecular weight excluding hydrogens is 385 g/mol. The third-order valence-electron chi connectivity index (χ3n) is 2.97. The number of hydrogen-bond acceptors (Lipinski definition) is 4. The van der Waals surface area contributed by atoms with Gasteiger partial charge in [0.05, 0.1) is 10.7 Å². The lowest BCUT2D eigenvalue weighted by Gasteiger charge is -2.03. The second-order valence-electron chi connectivity index (χ2n) is 4.53. The molecular formula is C15H10BrClFN5. The van der Waals surface area contributed by atoms with Gasteiger partial charge in [0.1, 0.15) is 5.82 Å². The van der Waals surface area contributed by atoms with Crippen LogP contribution in [0.3, 0.4) is 0 Å². The molecule has 0 radical (unpaired) electrons. The van der Waals surface area contributed by atoms with Crippen LogP contribution in [0.4, 0.5) is 10.1 Å². The Morgan fingerprint density at radius 3 is 2.70 bits per heavy atom. The Bertz CT molecular complexity index is 847. The van der Waals surface area contributed by atoms with Gasteiger partial charge in [-0.2, -0.15) is 4.68 Å². The summed E-state index contributed by atoms with van der Waals surface area (Å²) in [6, 6.07) is 12.0. The van der Waals surface area contributed by atoms with Crippen LogP contribution >= 0.6 is 27.5 Å². The van der Waals surface area contributed by atoms with E-state index in [-0.39, 0.29) is 5.02 Å². The zero-order valence-electron chi connectivity index (χ0n) is 11.6. The van der Waals surface area contributed by atoms with Gasteiger partial charge < -0.3 is 5.32 Å². The fourth-order valence-electron chi connectivity index (χ4n) is 1.86. The summed E-state index contributed by atoms with van der Waals surface area (Å²) in [7, 11) is 0. The first kappa shape index (κ1) is 15.6. The van der Waals surface area contributed by atoms with Gasteiger partial charge in [-0.15, -0.1) is 5.10 Å². The average molecular weight is 395 g/mol. The summed E-state index contributed by atoms with van der Waals surface area (Å²) < 4.78 is 15.7. The normalized spacial score (nSPS) is 11.1. The van der Waals surface area contributed by atoms with Gasteiger partial charge in [-0.3, -0.25) is 0 Å². The highest BCUT2D eigenvalue weighted by atomic mass is 79.9. The number of tetrazole rings is 1. The Hall–Kier alpha value is -2.25. The topological polar surface area (TPSA) is 55.6 Å². The highest BCUT2D eigenvalue weighted by Crippen LogP contribution is 2.19. The molecule has 116 valence electrons. The van der Waals surface area contributed by atoms with Gasteiger partial charge in [0.25, 0.3) is 0 Å². The average Bonchev–Trinajstić information content (AvgIpc) is 3.00. The first-order valence-electron chi connectivity index (χ1n) is 6.56. The van der Waals surface area contributed by atoms with E-state index < -0.39 is 5.82 Å². The van der Waals surface area contributed by atoms with E-state index in [2.05, 4.69) is 36.8 Å². The van der Waals surface area contributed by atoms with Gasteiger partial charge in [0.15, 0.2) is 5.82 Å². The number of hydrogen-bond donors (Lipinski definition) is 1. The van der Waals surface area contributed by atoms with E-state index in [0.717, 1.165) is 10.2 Å². The number of halogens is 3. The molecule has 1 aromatic heterocycles. The number of nitrogens with zero attached hydrogens (tertiary/aromatic N) is 4. The second-order valence-corrected chi connectivity index (χ2v) is 5.85. The van der Waals surface area contributed by atoms with E-state index >= 15 is 0 Å². The standard InChI is InChI=1S/C15H10BrClFN5/c16-10-1-4-12(5-2-10)23-15(20-21-22-23)7-8-19-11-3-6-14(18)13(17)9-11/h1-9,19H/b8-7+. The summed E-state index contributed by atoms with van der Waals surface area (Å²) in [6.45, 7) is 0. The molecule has 3 rings (SSSR count). The maximum atomic E-state index is 13.1. The van der Waals surface area contributed by atoms with Crippen molar-refractivity contribution in [2.45, 2.75) is 0 Å². The van der Waals surface area contributed by atoms with Gasteiger partial charge in [-0.25, -0.2) is 4.39 Å². The third-order valence-corrected chi connectivity index (χ3v) is 3.79. The van der Waals surface area contributed by atoms with Crippen LogP contribution in [0.5, 0.6) is 0 Å². The largest absolute Gasteiger partial charge is 0.362 e. The molecule has 2 aromatic carbocycles. The molecule has 1 heterocycles. The van der Waals surface area contributed by atoms with Gasteiger partial charge >= 0.3 is 0 Å². The van der Waals surface area contributed by atoms with E-state index in [0.29, 0.717) is 11.5 Å². The molecule has 0 atom stereocenters. The number of aromatic nitrogens is 4. The number of rotatable bonds is 4. The van der Waals surface area contributed by atoms with Gasteiger partial charge in [0, 0.05) is 22.4 Å². The number of anilines is 1. The number of nitrogens with one attached hydrogen (secondary N) is 1. The van der Waals surface area contributed by atoms with Crippen LogP contribution in [0.1, 0.15) is 5.82 Å². The summed E-state index contributed by atoms with van der Waals surface area (Å²) in [5, 5.41) is 14.6. The van der Waals surface area contributed by atoms with Gasteiger partial charge in [0.2, 0.25) is 0 Å². The molecule has 0 unspecified atom stereocenters. The quantitative estimate of drug-likeness (QED) is 0.717. The first-order valence-corrected chi connectivity index (χ1v) is 7.73. The van der Waals surface area contributed by atoms with E-state index in [9.17, 15) is 4.39 Å². The predicted molar refractivity (Wildman–Crippen MR) is 90.9 cm³/mol.